The predicted octanol–water partition coefficient (Wildman–Crippen LogP) is 1.21. The molecule has 0 bridgehead atoms. The van der Waals surface area contributed by atoms with E-state index in [0.29, 0.717) is 12.1 Å². The number of thioether (sulfide) groups is 1. The van der Waals surface area contributed by atoms with Gasteiger partial charge in [-0.2, -0.15) is 5.01 Å². The van der Waals surface area contributed by atoms with Crippen molar-refractivity contribution in [3.63, 3.8) is 0 Å². The lowest BCUT2D eigenvalue weighted by Crippen LogP contribution is -2.48. The van der Waals surface area contributed by atoms with Gasteiger partial charge in [0.25, 0.3) is 5.91 Å². The van der Waals surface area contributed by atoms with Crippen LogP contribution in [-0.4, -0.2) is 34.4 Å². The highest BCUT2D eigenvalue weighted by Gasteiger charge is 2.60. The first-order valence-corrected chi connectivity index (χ1v) is 8.01. The van der Waals surface area contributed by atoms with Crippen LogP contribution >= 0.6 is 11.8 Å². The predicted molar refractivity (Wildman–Crippen MR) is 87.5 cm³/mol. The molecular formula is C15H16N4O3S. The molecule has 0 saturated heterocycles. The Balaban J connectivity index is 2.15. The van der Waals surface area contributed by atoms with Crippen LogP contribution in [0.5, 0.6) is 0 Å². The molecule has 23 heavy (non-hydrogen) atoms. The second kappa shape index (κ2) is 5.38. The van der Waals surface area contributed by atoms with Crippen LogP contribution in [0.4, 0.5) is 5.69 Å². The fraction of sp³-hybridized carbons (Fsp3) is 0.333. The van der Waals surface area contributed by atoms with Crippen LogP contribution in [-0.2, 0) is 19.3 Å². The summed E-state index contributed by atoms with van der Waals surface area (Å²) < 4.78 is 0. The topological polar surface area (TPSA) is 82.1 Å². The van der Waals surface area contributed by atoms with E-state index in [9.17, 15) is 14.4 Å². The van der Waals surface area contributed by atoms with Crippen LogP contribution in [0.1, 0.15) is 26.3 Å². The fourth-order valence-corrected chi connectivity index (χ4v) is 4.21. The number of likely N-dealkylation sites (N-methyl/N-ethyl adjacent to an activating group) is 1. The van der Waals surface area contributed by atoms with Crippen LogP contribution in [0.3, 0.4) is 0 Å². The van der Waals surface area contributed by atoms with Crippen LogP contribution in [0, 0.1) is 0 Å². The molecule has 1 aromatic rings. The summed E-state index contributed by atoms with van der Waals surface area (Å²) in [6.07, 6.45) is 0. The van der Waals surface area contributed by atoms with Crippen molar-refractivity contribution in [2.45, 2.75) is 25.6 Å². The SMILES string of the molecule is CCN1C(=O)[C@@]2(SC(NC(C)=O)=NN2C(C)=O)c2ccccc21. The molecular weight excluding hydrogens is 316 g/mol. The third-order valence-corrected chi connectivity index (χ3v) is 4.97. The molecule has 0 aliphatic carbocycles. The lowest BCUT2D eigenvalue weighted by atomic mass is 10.1. The summed E-state index contributed by atoms with van der Waals surface area (Å²) in [5.74, 6) is -0.896. The van der Waals surface area contributed by atoms with E-state index in [1.807, 2.05) is 31.2 Å². The molecule has 0 radical (unpaired) electrons. The molecule has 0 fully saturated rings. The first kappa shape index (κ1) is 15.5. The molecule has 1 atom stereocenters. The van der Waals surface area contributed by atoms with Gasteiger partial charge in [-0.15, -0.1) is 5.10 Å². The number of anilines is 1. The van der Waals surface area contributed by atoms with Crippen molar-refractivity contribution in [2.75, 3.05) is 11.4 Å². The number of hydrogen-bond acceptors (Lipinski definition) is 5. The van der Waals surface area contributed by atoms with Crippen molar-refractivity contribution in [3.05, 3.63) is 29.8 Å². The van der Waals surface area contributed by atoms with Gasteiger partial charge in [0.05, 0.1) is 5.69 Å². The largest absolute Gasteiger partial charge is 0.309 e. The van der Waals surface area contributed by atoms with Crippen LogP contribution < -0.4 is 10.2 Å². The van der Waals surface area contributed by atoms with Gasteiger partial charge in [-0.1, -0.05) is 18.2 Å². The number of rotatable bonds is 1. The zero-order valence-electron chi connectivity index (χ0n) is 13.0. The summed E-state index contributed by atoms with van der Waals surface area (Å²) >= 11 is 1.09. The van der Waals surface area contributed by atoms with E-state index < -0.39 is 4.87 Å². The van der Waals surface area contributed by atoms with Gasteiger partial charge in [-0.05, 0) is 24.8 Å². The average molecular weight is 332 g/mol. The lowest BCUT2D eigenvalue weighted by Gasteiger charge is -2.29. The molecule has 2 aliphatic heterocycles. The number of carbonyl (C=O) groups excluding carboxylic acids is 3. The molecule has 0 unspecified atom stereocenters. The highest BCUT2D eigenvalue weighted by molar-refractivity contribution is 8.15. The minimum Gasteiger partial charge on any atom is -0.309 e. The highest BCUT2D eigenvalue weighted by atomic mass is 32.2. The molecule has 8 heteroatoms. The minimum absolute atomic E-state index is 0.231. The second-order valence-electron chi connectivity index (χ2n) is 5.23. The summed E-state index contributed by atoms with van der Waals surface area (Å²) in [4.78, 5) is 36.9. The molecule has 2 aliphatic rings. The maximum absolute atomic E-state index is 13.1. The summed E-state index contributed by atoms with van der Waals surface area (Å²) in [6.45, 7) is 5.07. The maximum Gasteiger partial charge on any atom is 0.270 e. The van der Waals surface area contributed by atoms with E-state index in [-0.39, 0.29) is 22.9 Å². The number of fused-ring (bicyclic) bond motifs is 2. The van der Waals surface area contributed by atoms with E-state index in [0.717, 1.165) is 17.4 Å². The van der Waals surface area contributed by atoms with Gasteiger partial charge in [0.15, 0.2) is 5.17 Å². The lowest BCUT2D eigenvalue weighted by molar-refractivity contribution is -0.139. The van der Waals surface area contributed by atoms with Crippen molar-refractivity contribution in [3.8, 4) is 0 Å². The van der Waals surface area contributed by atoms with Crippen molar-refractivity contribution < 1.29 is 14.4 Å². The first-order valence-electron chi connectivity index (χ1n) is 7.19. The van der Waals surface area contributed by atoms with Gasteiger partial charge in [0, 0.05) is 26.0 Å². The first-order chi connectivity index (χ1) is 10.9. The van der Waals surface area contributed by atoms with Crippen molar-refractivity contribution in [1.82, 2.24) is 10.3 Å². The number of amidine groups is 1. The Bertz CT molecular complexity index is 748. The van der Waals surface area contributed by atoms with Crippen LogP contribution in [0.2, 0.25) is 0 Å². The quantitative estimate of drug-likeness (QED) is 0.838. The van der Waals surface area contributed by atoms with Crippen LogP contribution in [0.25, 0.3) is 0 Å². The van der Waals surface area contributed by atoms with Gasteiger partial charge in [0.1, 0.15) is 0 Å². The third-order valence-electron chi connectivity index (χ3n) is 3.73. The Hall–Kier alpha value is -2.35. The van der Waals surface area contributed by atoms with Crippen LogP contribution in [0.15, 0.2) is 29.4 Å². The molecule has 1 aromatic carbocycles. The second-order valence-corrected chi connectivity index (χ2v) is 6.41. The molecule has 3 rings (SSSR count). The van der Waals surface area contributed by atoms with E-state index in [4.69, 9.17) is 0 Å². The van der Waals surface area contributed by atoms with E-state index in [1.165, 1.54) is 18.9 Å². The Labute approximate surface area is 137 Å². The zero-order chi connectivity index (χ0) is 16.8. The Kier molecular flexibility index (Phi) is 3.63. The summed E-state index contributed by atoms with van der Waals surface area (Å²) in [6, 6.07) is 7.34. The number of nitrogens with one attached hydrogen (secondary N) is 1. The van der Waals surface area contributed by atoms with Crippen molar-refractivity contribution in [2.24, 2.45) is 5.10 Å². The van der Waals surface area contributed by atoms with E-state index in [1.54, 1.807) is 4.90 Å². The van der Waals surface area contributed by atoms with Gasteiger partial charge in [-0.25, -0.2) is 0 Å². The summed E-state index contributed by atoms with van der Waals surface area (Å²) in [5.41, 5.74) is 1.47. The van der Waals surface area contributed by atoms with Gasteiger partial charge >= 0.3 is 0 Å². The van der Waals surface area contributed by atoms with Gasteiger partial charge in [0.2, 0.25) is 16.7 Å². The molecule has 1 N–H and O–H groups in total. The van der Waals surface area contributed by atoms with Crippen molar-refractivity contribution in [1.29, 1.82) is 0 Å². The minimum atomic E-state index is -1.28. The number of para-hydroxylation sites is 1. The highest BCUT2D eigenvalue weighted by Crippen LogP contribution is 2.54. The fourth-order valence-electron chi connectivity index (χ4n) is 2.88. The standard InChI is InChI=1S/C15H16N4O3S/c1-4-18-12-8-6-5-7-11(12)15(13(18)22)19(10(3)21)17-14(23-15)16-9(2)20/h5-8H,4H2,1-3H3,(H,16,17,20)/t15-/m0/s1. The van der Waals surface area contributed by atoms with Gasteiger partial charge in [-0.3, -0.25) is 14.4 Å². The molecule has 3 amide bonds. The zero-order valence-corrected chi connectivity index (χ0v) is 13.8. The molecule has 1 spiro atoms. The molecule has 7 nitrogen and oxygen atoms in total. The summed E-state index contributed by atoms with van der Waals surface area (Å²) in [5, 5.41) is 8.15. The average Bonchev–Trinajstić information content (AvgIpc) is 2.98. The number of benzene rings is 1. The number of hydrogen-bond donors (Lipinski definition) is 1. The molecule has 0 aromatic heterocycles. The monoisotopic (exact) mass is 332 g/mol. The number of nitrogens with zero attached hydrogens (tertiary/aromatic N) is 3. The molecule has 0 saturated carbocycles. The van der Waals surface area contributed by atoms with E-state index in [2.05, 4.69) is 10.4 Å². The summed E-state index contributed by atoms with van der Waals surface area (Å²) in [7, 11) is 0. The third kappa shape index (κ3) is 2.13. The Morgan fingerprint density at radius 2 is 2.00 bits per heavy atom. The number of carbonyl (C=O) groups is 3. The maximum atomic E-state index is 13.1. The molecule has 120 valence electrons. The smallest absolute Gasteiger partial charge is 0.270 e. The van der Waals surface area contributed by atoms with Crippen molar-refractivity contribution >= 4 is 40.3 Å². The Morgan fingerprint density at radius 1 is 1.30 bits per heavy atom. The number of amides is 3. The Morgan fingerprint density at radius 3 is 2.61 bits per heavy atom. The number of hydrazone groups is 1. The molecule has 2 heterocycles. The van der Waals surface area contributed by atoms with E-state index >= 15 is 0 Å². The normalized spacial score (nSPS) is 22.4. The van der Waals surface area contributed by atoms with Gasteiger partial charge < -0.3 is 10.2 Å².